The molecule has 0 radical (unpaired) electrons. The van der Waals surface area contributed by atoms with Crippen LogP contribution in [-0.4, -0.2) is 41.2 Å². The molecule has 0 unspecified atom stereocenters. The number of nitro benzene ring substituents is 1. The Morgan fingerprint density at radius 3 is 1.77 bits per heavy atom. The lowest BCUT2D eigenvalue weighted by molar-refractivity contribution is -0.384. The van der Waals surface area contributed by atoms with Crippen LogP contribution in [0.2, 0.25) is 0 Å². The maximum Gasteiger partial charge on any atom is 0.407 e. The number of nitrogens with zero attached hydrogens (tertiary/aromatic N) is 1. The summed E-state index contributed by atoms with van der Waals surface area (Å²) >= 11 is 0. The second-order valence-corrected chi connectivity index (χ2v) is 16.8. The van der Waals surface area contributed by atoms with Gasteiger partial charge in [0.1, 0.15) is 11.4 Å². The molecule has 0 spiro atoms. The van der Waals surface area contributed by atoms with E-state index in [1.54, 1.807) is 0 Å². The number of rotatable bonds is 14. The van der Waals surface area contributed by atoms with Crippen molar-refractivity contribution in [2.45, 2.75) is 187 Å². The van der Waals surface area contributed by atoms with Gasteiger partial charge >= 0.3 is 12.1 Å². The standard InChI is InChI=1S/C22H32N2O6.2C10H21N/c1-22(2,3)30-21(26)23-17(15-16-7-5-4-6-8-16)9-14-20(25)29-19-12-10-18(11-13-19)24(27)28;1-9(8-11)7-10-5-3-2-4-6-10;1-2-10(11)8-9-6-4-3-5-7-9/h10-13,16-17H,4-9,14-15H2,1-3H3,(H,23,26);2*9-10H,2-8,11H2,1H3/t17-;9-;10-/m101/s1. The number of carbonyl (C=O) groups is 2. The van der Waals surface area contributed by atoms with Crippen LogP contribution in [0.1, 0.15) is 169 Å². The summed E-state index contributed by atoms with van der Waals surface area (Å²) in [4.78, 5) is 34.7. The number of alkyl carbamates (subject to hydrolysis) is 1. The highest BCUT2D eigenvalue weighted by Gasteiger charge is 2.24. The molecule has 1 aromatic rings. The van der Waals surface area contributed by atoms with E-state index in [-0.39, 0.29) is 23.9 Å². The van der Waals surface area contributed by atoms with Gasteiger partial charge in [-0.05, 0) is 95.2 Å². The molecule has 0 heterocycles. The van der Waals surface area contributed by atoms with Gasteiger partial charge in [0.2, 0.25) is 0 Å². The van der Waals surface area contributed by atoms with Crippen molar-refractivity contribution in [1.29, 1.82) is 0 Å². The Balaban J connectivity index is 0.000000344. The quantitative estimate of drug-likeness (QED) is 0.0738. The van der Waals surface area contributed by atoms with E-state index in [4.69, 9.17) is 20.9 Å². The summed E-state index contributed by atoms with van der Waals surface area (Å²) in [6.45, 7) is 10.8. The zero-order chi connectivity index (χ0) is 38.4. The Kier molecular flexibility index (Phi) is 22.1. The number of ether oxygens (including phenoxy) is 2. The number of hydrogen-bond donors (Lipinski definition) is 3. The van der Waals surface area contributed by atoms with Crippen molar-refractivity contribution in [3.8, 4) is 5.75 Å². The van der Waals surface area contributed by atoms with Crippen molar-refractivity contribution in [2.75, 3.05) is 6.54 Å². The lowest BCUT2D eigenvalue weighted by Gasteiger charge is -2.28. The smallest absolute Gasteiger partial charge is 0.407 e. The highest BCUT2D eigenvalue weighted by molar-refractivity contribution is 5.73. The van der Waals surface area contributed by atoms with Crippen LogP contribution in [0.5, 0.6) is 5.75 Å². The molecule has 0 saturated heterocycles. The van der Waals surface area contributed by atoms with E-state index in [1.165, 1.54) is 121 Å². The summed E-state index contributed by atoms with van der Waals surface area (Å²) in [5.74, 6) is 3.06. The third-order valence-corrected chi connectivity index (χ3v) is 10.8. The van der Waals surface area contributed by atoms with Gasteiger partial charge < -0.3 is 26.3 Å². The second-order valence-electron chi connectivity index (χ2n) is 16.8. The highest BCUT2D eigenvalue weighted by Crippen LogP contribution is 2.30. The van der Waals surface area contributed by atoms with Gasteiger partial charge in [0.15, 0.2) is 0 Å². The second kappa shape index (κ2) is 25.3. The molecular formula is C42H74N4O6. The van der Waals surface area contributed by atoms with E-state index in [2.05, 4.69) is 19.2 Å². The molecule has 1 aromatic carbocycles. The van der Waals surface area contributed by atoms with Gasteiger partial charge in [-0.15, -0.1) is 0 Å². The number of hydrogen-bond acceptors (Lipinski definition) is 8. The Labute approximate surface area is 315 Å². The molecule has 5 N–H and O–H groups in total. The molecule has 298 valence electrons. The van der Waals surface area contributed by atoms with E-state index in [1.807, 2.05) is 20.8 Å². The van der Waals surface area contributed by atoms with Gasteiger partial charge in [-0.25, -0.2) is 4.79 Å². The van der Waals surface area contributed by atoms with E-state index >= 15 is 0 Å². The van der Waals surface area contributed by atoms with Crippen LogP contribution in [0.15, 0.2) is 24.3 Å². The Morgan fingerprint density at radius 2 is 1.33 bits per heavy atom. The fourth-order valence-corrected chi connectivity index (χ4v) is 7.76. The summed E-state index contributed by atoms with van der Waals surface area (Å²) in [7, 11) is 0. The maximum absolute atomic E-state index is 12.2. The summed E-state index contributed by atoms with van der Waals surface area (Å²) in [6, 6.07) is 5.67. The first kappa shape index (κ1) is 45.4. The van der Waals surface area contributed by atoms with Gasteiger partial charge in [-0.3, -0.25) is 14.9 Å². The first-order chi connectivity index (χ1) is 24.8. The SMILES string of the molecule is CC(C)(C)OC(=O)N[C@H](CCC(=O)Oc1ccc([N+](=O)[O-])cc1)CC1CCCCC1.CC[C@@H](N)CC1CCCCC1.C[C@H](CN)CC1CCCCC1. The fourth-order valence-electron chi connectivity index (χ4n) is 7.76. The van der Waals surface area contributed by atoms with E-state index in [9.17, 15) is 19.7 Å². The molecular weight excluding hydrogens is 656 g/mol. The normalized spacial score (nSPS) is 19.1. The molecule has 3 aliphatic carbocycles. The molecule has 10 heteroatoms. The molecule has 52 heavy (non-hydrogen) atoms. The molecule has 3 saturated carbocycles. The van der Waals surface area contributed by atoms with Gasteiger partial charge in [-0.1, -0.05) is 110 Å². The number of nitrogens with one attached hydrogen (secondary N) is 1. The molecule has 1 amide bonds. The minimum Gasteiger partial charge on any atom is -0.444 e. The van der Waals surface area contributed by atoms with E-state index in [0.29, 0.717) is 18.4 Å². The van der Waals surface area contributed by atoms with Crippen LogP contribution in [0.4, 0.5) is 10.5 Å². The molecule has 4 rings (SSSR count). The minimum atomic E-state index is -0.589. The van der Waals surface area contributed by atoms with Crippen LogP contribution >= 0.6 is 0 Å². The zero-order valence-electron chi connectivity index (χ0n) is 33.4. The molecule has 3 atom stereocenters. The van der Waals surface area contributed by atoms with Gasteiger partial charge in [0.25, 0.3) is 5.69 Å². The highest BCUT2D eigenvalue weighted by atomic mass is 16.6. The molecule has 3 fully saturated rings. The third kappa shape index (κ3) is 21.1. The van der Waals surface area contributed by atoms with Crippen molar-refractivity contribution in [1.82, 2.24) is 5.32 Å². The Hall–Kier alpha value is -2.72. The third-order valence-electron chi connectivity index (χ3n) is 10.8. The lowest BCUT2D eigenvalue weighted by Crippen LogP contribution is -2.40. The van der Waals surface area contributed by atoms with Gasteiger partial charge in [0, 0.05) is 30.6 Å². The fraction of sp³-hybridized carbons (Fsp3) is 0.810. The van der Waals surface area contributed by atoms with Gasteiger partial charge in [-0.2, -0.15) is 0 Å². The number of carbonyl (C=O) groups excluding carboxylic acids is 2. The number of non-ortho nitro benzene ring substituents is 1. The average Bonchev–Trinajstić information content (AvgIpc) is 3.12. The van der Waals surface area contributed by atoms with Crippen LogP contribution in [0, 0.1) is 33.8 Å². The Bertz CT molecular complexity index is 1100. The van der Waals surface area contributed by atoms with E-state index < -0.39 is 22.6 Å². The zero-order valence-corrected chi connectivity index (χ0v) is 33.4. The number of nitrogens with two attached hydrogens (primary N) is 2. The van der Waals surface area contributed by atoms with Crippen molar-refractivity contribution >= 4 is 17.7 Å². The number of benzene rings is 1. The molecule has 3 aliphatic rings. The number of amides is 1. The van der Waals surface area contributed by atoms with Crippen molar-refractivity contribution < 1.29 is 24.0 Å². The summed E-state index contributed by atoms with van der Waals surface area (Å²) in [5.41, 5.74) is 10.8. The molecule has 0 aliphatic heterocycles. The first-order valence-corrected chi connectivity index (χ1v) is 20.7. The number of nitro groups is 1. The van der Waals surface area contributed by atoms with Crippen molar-refractivity contribution in [2.24, 2.45) is 35.1 Å². The molecule has 0 aromatic heterocycles. The summed E-state index contributed by atoms with van der Waals surface area (Å²) in [6.07, 6.45) is 25.2. The summed E-state index contributed by atoms with van der Waals surface area (Å²) in [5, 5.41) is 13.6. The van der Waals surface area contributed by atoms with Gasteiger partial charge in [0.05, 0.1) is 4.92 Å². The average molecular weight is 731 g/mol. The predicted molar refractivity (Wildman–Crippen MR) is 211 cm³/mol. The monoisotopic (exact) mass is 731 g/mol. The molecule has 0 bridgehead atoms. The van der Waals surface area contributed by atoms with Crippen LogP contribution in [-0.2, 0) is 9.53 Å². The van der Waals surface area contributed by atoms with E-state index in [0.717, 1.165) is 50.0 Å². The number of esters is 1. The molecule has 10 nitrogen and oxygen atoms in total. The van der Waals surface area contributed by atoms with Crippen molar-refractivity contribution in [3.63, 3.8) is 0 Å². The van der Waals surface area contributed by atoms with Crippen LogP contribution in [0.25, 0.3) is 0 Å². The van der Waals surface area contributed by atoms with Crippen LogP contribution < -0.4 is 21.5 Å². The predicted octanol–water partition coefficient (Wildman–Crippen LogP) is 10.4. The first-order valence-electron chi connectivity index (χ1n) is 20.7. The maximum atomic E-state index is 12.2. The summed E-state index contributed by atoms with van der Waals surface area (Å²) < 4.78 is 10.6. The van der Waals surface area contributed by atoms with Crippen molar-refractivity contribution in [3.05, 3.63) is 34.4 Å². The Morgan fingerprint density at radius 1 is 0.846 bits per heavy atom. The lowest BCUT2D eigenvalue weighted by atomic mass is 9.83. The van der Waals surface area contributed by atoms with Crippen LogP contribution in [0.3, 0.4) is 0 Å². The minimum absolute atomic E-state index is 0.0658. The topological polar surface area (TPSA) is 160 Å². The largest absolute Gasteiger partial charge is 0.444 e.